The van der Waals surface area contributed by atoms with E-state index in [1.807, 2.05) is 44.2 Å². The Morgan fingerprint density at radius 2 is 1.73 bits per heavy atom. The molecule has 2 aliphatic heterocycles. The molecule has 4 atom stereocenters. The van der Waals surface area contributed by atoms with Crippen LogP contribution in [0, 0.1) is 0 Å². The molecule has 0 radical (unpaired) electrons. The Labute approximate surface area is 224 Å². The van der Waals surface area contributed by atoms with Gasteiger partial charge in [-0.2, -0.15) is 0 Å². The molecule has 1 N–H and O–H groups in total. The molecule has 0 spiro atoms. The molecule has 2 aliphatic rings. The van der Waals surface area contributed by atoms with Crippen molar-refractivity contribution in [1.29, 1.82) is 0 Å². The summed E-state index contributed by atoms with van der Waals surface area (Å²) in [5, 5.41) is 11.4. The number of aliphatic hydroxyl groups is 1. The Hall–Kier alpha value is -1.29. The van der Waals surface area contributed by atoms with E-state index in [2.05, 4.69) is 20.8 Å². The van der Waals surface area contributed by atoms with E-state index in [1.165, 1.54) is 0 Å². The average Bonchev–Trinajstić information content (AvgIpc) is 2.84. The van der Waals surface area contributed by atoms with Crippen molar-refractivity contribution in [2.24, 2.45) is 0 Å². The summed E-state index contributed by atoms with van der Waals surface area (Å²) in [7, 11) is -1.87. The lowest BCUT2D eigenvalue weighted by Gasteiger charge is -2.44. The van der Waals surface area contributed by atoms with Crippen molar-refractivity contribution < 1.29 is 33.3 Å². The molecule has 0 amide bonds. The number of benzene rings is 1. The molecule has 2 heterocycles. The van der Waals surface area contributed by atoms with Gasteiger partial charge in [-0.05, 0) is 63.2 Å². The lowest BCUT2D eigenvalue weighted by molar-refractivity contribution is -0.276. The fourth-order valence-electron chi connectivity index (χ4n) is 5.73. The summed E-state index contributed by atoms with van der Waals surface area (Å²) in [6.45, 7) is 11.1. The number of fused-ring (bicyclic) bond motifs is 2. The minimum Gasteiger partial charge on any atom is -0.459 e. The number of rotatable bonds is 10. The van der Waals surface area contributed by atoms with E-state index in [0.717, 1.165) is 49.4 Å². The molecule has 0 saturated carbocycles. The van der Waals surface area contributed by atoms with Gasteiger partial charge in [-0.3, -0.25) is 4.79 Å². The molecular formula is C29H48O7Si. The molecule has 0 aliphatic carbocycles. The number of ether oxygens (including phenoxy) is 4. The molecule has 3 rings (SSSR count). The summed E-state index contributed by atoms with van der Waals surface area (Å²) >= 11 is 0. The third kappa shape index (κ3) is 9.44. The van der Waals surface area contributed by atoms with Gasteiger partial charge < -0.3 is 28.5 Å². The first-order valence-corrected chi connectivity index (χ1v) is 16.7. The van der Waals surface area contributed by atoms with Gasteiger partial charge in [-0.25, -0.2) is 0 Å². The van der Waals surface area contributed by atoms with Crippen LogP contribution in [0.5, 0.6) is 0 Å². The van der Waals surface area contributed by atoms with E-state index in [-0.39, 0.29) is 31.5 Å². The Morgan fingerprint density at radius 3 is 2.41 bits per heavy atom. The molecule has 0 aromatic heterocycles. The number of hydrogen-bond acceptors (Lipinski definition) is 7. The highest BCUT2D eigenvalue weighted by Crippen LogP contribution is 2.38. The standard InChI is InChI=1S/C29H48O7Si/c1-6-37(7-2,8-3)36-26-17-24-15-12-16-25(33-22-32-21-23-13-10-9-11-14-23)18-28(4,5)35-27(30)20-29(31,19-26)34-24/h9-11,13-14,24-26,31H,6-8,12,15-22H2,1-5H3/t24-,25?,26+,29-/m0/s1. The zero-order valence-corrected chi connectivity index (χ0v) is 24.5. The molecule has 37 heavy (non-hydrogen) atoms. The summed E-state index contributed by atoms with van der Waals surface area (Å²) in [6, 6.07) is 13.1. The summed E-state index contributed by atoms with van der Waals surface area (Å²) in [5.74, 6) is -2.02. The molecule has 1 unspecified atom stereocenters. The fourth-order valence-corrected chi connectivity index (χ4v) is 8.61. The number of carbonyl (C=O) groups is 1. The van der Waals surface area contributed by atoms with E-state index in [1.54, 1.807) is 0 Å². The van der Waals surface area contributed by atoms with Crippen molar-refractivity contribution in [2.75, 3.05) is 6.79 Å². The van der Waals surface area contributed by atoms with Crippen molar-refractivity contribution in [3.63, 3.8) is 0 Å². The maximum absolute atomic E-state index is 12.9. The molecule has 1 aromatic rings. The largest absolute Gasteiger partial charge is 0.459 e. The molecule has 2 bridgehead atoms. The molecule has 1 aromatic carbocycles. The monoisotopic (exact) mass is 536 g/mol. The highest BCUT2D eigenvalue weighted by molar-refractivity contribution is 6.73. The van der Waals surface area contributed by atoms with Crippen LogP contribution in [-0.4, -0.2) is 55.9 Å². The normalized spacial score (nSPS) is 29.1. The first-order chi connectivity index (χ1) is 17.6. The van der Waals surface area contributed by atoms with Crippen LogP contribution >= 0.6 is 0 Å². The Kier molecular flexibility index (Phi) is 11.2. The van der Waals surface area contributed by atoms with Crippen molar-refractivity contribution in [2.45, 2.75) is 134 Å². The van der Waals surface area contributed by atoms with Crippen LogP contribution in [0.4, 0.5) is 0 Å². The molecule has 2 fully saturated rings. The number of esters is 1. The van der Waals surface area contributed by atoms with E-state index < -0.39 is 25.7 Å². The average molecular weight is 537 g/mol. The highest BCUT2D eigenvalue weighted by atomic mass is 28.4. The third-order valence-corrected chi connectivity index (χ3v) is 12.6. The van der Waals surface area contributed by atoms with Crippen LogP contribution in [0.3, 0.4) is 0 Å². The van der Waals surface area contributed by atoms with Gasteiger partial charge in [0.15, 0.2) is 14.1 Å². The van der Waals surface area contributed by atoms with Crippen LogP contribution < -0.4 is 0 Å². The second-order valence-electron chi connectivity index (χ2n) is 11.4. The lowest BCUT2D eigenvalue weighted by Crippen LogP contribution is -2.52. The van der Waals surface area contributed by atoms with Crippen LogP contribution in [0.1, 0.15) is 85.1 Å². The molecular weight excluding hydrogens is 488 g/mol. The Bertz CT molecular complexity index is 821. The molecule has 7 nitrogen and oxygen atoms in total. The molecule has 2 saturated heterocycles. The van der Waals surface area contributed by atoms with Gasteiger partial charge in [0, 0.05) is 12.8 Å². The zero-order valence-electron chi connectivity index (χ0n) is 23.5. The van der Waals surface area contributed by atoms with Crippen molar-refractivity contribution in [3.05, 3.63) is 35.9 Å². The minimum atomic E-state index is -1.87. The maximum atomic E-state index is 12.9. The summed E-state index contributed by atoms with van der Waals surface area (Å²) in [6.07, 6.45) is 3.44. The SMILES string of the molecule is CC[Si](CC)(CC)O[C@@H]1C[C@@H]2CCCC(OCOCc3ccccc3)CC(C)(C)OC(=O)C[C@](O)(C1)O2. The highest BCUT2D eigenvalue weighted by Gasteiger charge is 2.46. The van der Waals surface area contributed by atoms with Crippen LogP contribution in [0.2, 0.25) is 18.1 Å². The molecule has 8 heteroatoms. The van der Waals surface area contributed by atoms with E-state index >= 15 is 0 Å². The Morgan fingerprint density at radius 1 is 1.03 bits per heavy atom. The quantitative estimate of drug-likeness (QED) is 0.168. The minimum absolute atomic E-state index is 0.113. The number of hydrogen-bond donors (Lipinski definition) is 1. The number of carbonyl (C=O) groups excluding carboxylic acids is 1. The van der Waals surface area contributed by atoms with E-state index in [0.29, 0.717) is 19.4 Å². The van der Waals surface area contributed by atoms with Gasteiger partial charge in [-0.15, -0.1) is 0 Å². The maximum Gasteiger partial charge on any atom is 0.311 e. The van der Waals surface area contributed by atoms with E-state index in [4.69, 9.17) is 23.4 Å². The summed E-state index contributed by atoms with van der Waals surface area (Å²) in [4.78, 5) is 12.9. The third-order valence-electron chi connectivity index (χ3n) is 7.89. The first kappa shape index (κ1) is 30.3. The predicted octanol–water partition coefficient (Wildman–Crippen LogP) is 6.09. The topological polar surface area (TPSA) is 83.5 Å². The molecule has 210 valence electrons. The number of cyclic esters (lactones) is 1. The van der Waals surface area contributed by atoms with Crippen LogP contribution in [0.15, 0.2) is 30.3 Å². The summed E-state index contributed by atoms with van der Waals surface area (Å²) < 4.78 is 30.6. The van der Waals surface area contributed by atoms with Crippen molar-refractivity contribution in [1.82, 2.24) is 0 Å². The van der Waals surface area contributed by atoms with Gasteiger partial charge in [0.05, 0.1) is 31.3 Å². The summed E-state index contributed by atoms with van der Waals surface area (Å²) in [5.41, 5.74) is 0.356. The van der Waals surface area contributed by atoms with Crippen molar-refractivity contribution in [3.8, 4) is 0 Å². The fraction of sp³-hybridized carbons (Fsp3) is 0.759. The van der Waals surface area contributed by atoms with Crippen LogP contribution in [0.25, 0.3) is 0 Å². The predicted molar refractivity (Wildman–Crippen MR) is 145 cm³/mol. The van der Waals surface area contributed by atoms with Gasteiger partial charge in [0.1, 0.15) is 12.4 Å². The second-order valence-corrected chi connectivity index (χ2v) is 16.1. The Balaban J connectivity index is 1.65. The van der Waals surface area contributed by atoms with Gasteiger partial charge in [0.2, 0.25) is 0 Å². The van der Waals surface area contributed by atoms with Crippen LogP contribution in [-0.2, 0) is 34.8 Å². The lowest BCUT2D eigenvalue weighted by atomic mass is 9.91. The first-order valence-electron chi connectivity index (χ1n) is 14.1. The van der Waals surface area contributed by atoms with Gasteiger partial charge in [0.25, 0.3) is 0 Å². The van der Waals surface area contributed by atoms with Crippen molar-refractivity contribution >= 4 is 14.3 Å². The van der Waals surface area contributed by atoms with Gasteiger partial charge >= 0.3 is 5.97 Å². The second kappa shape index (κ2) is 13.7. The van der Waals surface area contributed by atoms with Gasteiger partial charge in [-0.1, -0.05) is 51.1 Å². The smallest absolute Gasteiger partial charge is 0.311 e. The zero-order chi connectivity index (χ0) is 26.9. The van der Waals surface area contributed by atoms with E-state index in [9.17, 15) is 9.90 Å².